The number of amides is 2. The van der Waals surface area contributed by atoms with Crippen LogP contribution in [0.2, 0.25) is 0 Å². The molecule has 0 aromatic heterocycles. The van der Waals surface area contributed by atoms with E-state index in [4.69, 9.17) is 0 Å². The molecule has 1 aromatic carbocycles. The van der Waals surface area contributed by atoms with Crippen LogP contribution in [0.15, 0.2) is 24.3 Å². The lowest BCUT2D eigenvalue weighted by Crippen LogP contribution is -2.26. The van der Waals surface area contributed by atoms with Gasteiger partial charge < -0.3 is 16.0 Å². The zero-order valence-electron chi connectivity index (χ0n) is 12.7. The van der Waals surface area contributed by atoms with Crippen LogP contribution in [0.1, 0.15) is 36.0 Å². The Morgan fingerprint density at radius 1 is 1.23 bits per heavy atom. The van der Waals surface area contributed by atoms with Crippen molar-refractivity contribution >= 4 is 17.5 Å². The number of rotatable bonds is 6. The lowest BCUT2D eigenvalue weighted by Gasteiger charge is -2.10. The molecule has 1 aliphatic heterocycles. The van der Waals surface area contributed by atoms with Gasteiger partial charge in [0.1, 0.15) is 0 Å². The van der Waals surface area contributed by atoms with Crippen LogP contribution in [0.5, 0.6) is 0 Å². The van der Waals surface area contributed by atoms with Crippen LogP contribution in [0, 0.1) is 11.8 Å². The number of hydrogen-bond donors (Lipinski definition) is 3. The van der Waals surface area contributed by atoms with Gasteiger partial charge in [0.05, 0.1) is 0 Å². The molecule has 1 saturated carbocycles. The van der Waals surface area contributed by atoms with Crippen LogP contribution >= 0.6 is 0 Å². The van der Waals surface area contributed by atoms with Crippen LogP contribution in [-0.4, -0.2) is 31.4 Å². The van der Waals surface area contributed by atoms with Crippen molar-refractivity contribution < 1.29 is 9.59 Å². The van der Waals surface area contributed by atoms with E-state index < -0.39 is 0 Å². The van der Waals surface area contributed by atoms with Gasteiger partial charge >= 0.3 is 0 Å². The Labute approximate surface area is 130 Å². The van der Waals surface area contributed by atoms with E-state index >= 15 is 0 Å². The highest BCUT2D eigenvalue weighted by Crippen LogP contribution is 2.30. The van der Waals surface area contributed by atoms with E-state index in [-0.39, 0.29) is 17.7 Å². The largest absolute Gasteiger partial charge is 0.352 e. The predicted octanol–water partition coefficient (Wildman–Crippen LogP) is 1.76. The Kier molecular flexibility index (Phi) is 4.73. The van der Waals surface area contributed by atoms with E-state index in [0.29, 0.717) is 23.7 Å². The predicted molar refractivity (Wildman–Crippen MR) is 85.7 cm³/mol. The van der Waals surface area contributed by atoms with Crippen molar-refractivity contribution in [1.29, 1.82) is 0 Å². The SMILES string of the molecule is O=C(NCCC1CCNC1)c1cccc(NC(=O)C2CC2)c1. The lowest BCUT2D eigenvalue weighted by molar-refractivity contribution is -0.117. The summed E-state index contributed by atoms with van der Waals surface area (Å²) < 4.78 is 0. The molecular formula is C17H23N3O2. The van der Waals surface area contributed by atoms with Gasteiger partial charge in [0.2, 0.25) is 5.91 Å². The van der Waals surface area contributed by atoms with E-state index in [9.17, 15) is 9.59 Å². The fourth-order valence-electron chi connectivity index (χ4n) is 2.78. The molecule has 1 saturated heterocycles. The van der Waals surface area contributed by atoms with Crippen LogP contribution < -0.4 is 16.0 Å². The maximum absolute atomic E-state index is 12.2. The third-order valence-corrected chi connectivity index (χ3v) is 4.34. The van der Waals surface area contributed by atoms with E-state index in [1.54, 1.807) is 18.2 Å². The molecule has 5 nitrogen and oxygen atoms in total. The second-order valence-corrected chi connectivity index (χ2v) is 6.25. The summed E-state index contributed by atoms with van der Waals surface area (Å²) in [4.78, 5) is 23.9. The molecule has 2 fully saturated rings. The first kappa shape index (κ1) is 15.0. The van der Waals surface area contributed by atoms with Crippen molar-refractivity contribution in [2.75, 3.05) is 25.0 Å². The Morgan fingerprint density at radius 2 is 2.09 bits per heavy atom. The summed E-state index contributed by atoms with van der Waals surface area (Å²) in [6.45, 7) is 2.84. The molecule has 1 heterocycles. The molecule has 118 valence electrons. The average Bonchev–Trinajstić information content (AvgIpc) is 3.25. The van der Waals surface area contributed by atoms with Gasteiger partial charge in [-0.05, 0) is 62.9 Å². The Morgan fingerprint density at radius 3 is 2.82 bits per heavy atom. The summed E-state index contributed by atoms with van der Waals surface area (Å²) in [5.41, 5.74) is 1.29. The minimum absolute atomic E-state index is 0.0614. The molecule has 1 atom stereocenters. The highest BCUT2D eigenvalue weighted by atomic mass is 16.2. The topological polar surface area (TPSA) is 70.2 Å². The van der Waals surface area contributed by atoms with E-state index in [2.05, 4.69) is 16.0 Å². The van der Waals surface area contributed by atoms with Gasteiger partial charge in [-0.3, -0.25) is 9.59 Å². The third kappa shape index (κ3) is 4.07. The van der Waals surface area contributed by atoms with Gasteiger partial charge in [-0.15, -0.1) is 0 Å². The van der Waals surface area contributed by atoms with Crippen molar-refractivity contribution in [2.24, 2.45) is 11.8 Å². The molecular weight excluding hydrogens is 278 g/mol. The van der Waals surface area contributed by atoms with Crippen LogP contribution in [-0.2, 0) is 4.79 Å². The lowest BCUT2D eigenvalue weighted by atomic mass is 10.1. The quantitative estimate of drug-likeness (QED) is 0.750. The smallest absolute Gasteiger partial charge is 0.251 e. The summed E-state index contributed by atoms with van der Waals surface area (Å²) in [7, 11) is 0. The minimum Gasteiger partial charge on any atom is -0.352 e. The first-order chi connectivity index (χ1) is 10.7. The molecule has 3 N–H and O–H groups in total. The zero-order chi connectivity index (χ0) is 15.4. The number of hydrogen-bond acceptors (Lipinski definition) is 3. The molecule has 1 unspecified atom stereocenters. The van der Waals surface area contributed by atoms with Gasteiger partial charge in [-0.25, -0.2) is 0 Å². The van der Waals surface area contributed by atoms with Crippen LogP contribution in [0.3, 0.4) is 0 Å². The number of benzene rings is 1. The molecule has 22 heavy (non-hydrogen) atoms. The standard InChI is InChI=1S/C17H23N3O2/c21-16(19-9-7-12-6-8-18-11-12)14-2-1-3-15(10-14)20-17(22)13-4-5-13/h1-3,10,12-13,18H,4-9,11H2,(H,19,21)(H,20,22). The normalized spacial score (nSPS) is 20.6. The van der Waals surface area contributed by atoms with Gasteiger partial charge in [-0.1, -0.05) is 6.07 Å². The summed E-state index contributed by atoms with van der Waals surface area (Å²) in [5, 5.41) is 9.16. The molecule has 0 radical (unpaired) electrons. The molecule has 2 amide bonds. The van der Waals surface area contributed by atoms with Crippen molar-refractivity contribution in [1.82, 2.24) is 10.6 Å². The molecule has 1 aromatic rings. The van der Waals surface area contributed by atoms with Crippen LogP contribution in [0.25, 0.3) is 0 Å². The first-order valence-electron chi connectivity index (χ1n) is 8.12. The molecule has 2 aliphatic rings. The first-order valence-corrected chi connectivity index (χ1v) is 8.12. The highest BCUT2D eigenvalue weighted by molar-refractivity contribution is 5.98. The Balaban J connectivity index is 1.49. The van der Waals surface area contributed by atoms with Crippen molar-refractivity contribution in [3.8, 4) is 0 Å². The number of carbonyl (C=O) groups excluding carboxylic acids is 2. The summed E-state index contributed by atoms with van der Waals surface area (Å²) in [5.74, 6) is 0.821. The van der Waals surface area contributed by atoms with E-state index in [1.165, 1.54) is 6.42 Å². The van der Waals surface area contributed by atoms with Gasteiger partial charge in [0.15, 0.2) is 0 Å². The van der Waals surface area contributed by atoms with Crippen LogP contribution in [0.4, 0.5) is 5.69 Å². The second kappa shape index (κ2) is 6.92. The maximum atomic E-state index is 12.2. The highest BCUT2D eigenvalue weighted by Gasteiger charge is 2.29. The van der Waals surface area contributed by atoms with E-state index in [0.717, 1.165) is 32.4 Å². The number of anilines is 1. The maximum Gasteiger partial charge on any atom is 0.251 e. The fraction of sp³-hybridized carbons (Fsp3) is 0.529. The number of carbonyl (C=O) groups is 2. The zero-order valence-corrected chi connectivity index (χ0v) is 12.7. The minimum atomic E-state index is -0.0755. The van der Waals surface area contributed by atoms with Crippen molar-refractivity contribution in [2.45, 2.75) is 25.7 Å². The Bertz CT molecular complexity index is 549. The summed E-state index contributed by atoms with van der Waals surface area (Å²) >= 11 is 0. The van der Waals surface area contributed by atoms with Gasteiger partial charge in [0, 0.05) is 23.7 Å². The summed E-state index contributed by atoms with van der Waals surface area (Å²) in [6.07, 6.45) is 4.15. The second-order valence-electron chi connectivity index (χ2n) is 6.25. The monoisotopic (exact) mass is 301 g/mol. The molecule has 1 aliphatic carbocycles. The fourth-order valence-corrected chi connectivity index (χ4v) is 2.78. The molecule has 5 heteroatoms. The molecule has 0 bridgehead atoms. The number of nitrogens with one attached hydrogen (secondary N) is 3. The average molecular weight is 301 g/mol. The van der Waals surface area contributed by atoms with Gasteiger partial charge in [-0.2, -0.15) is 0 Å². The molecule has 3 rings (SSSR count). The van der Waals surface area contributed by atoms with Crippen molar-refractivity contribution in [3.05, 3.63) is 29.8 Å². The van der Waals surface area contributed by atoms with Crippen molar-refractivity contribution in [3.63, 3.8) is 0 Å². The third-order valence-electron chi connectivity index (χ3n) is 4.34. The van der Waals surface area contributed by atoms with Gasteiger partial charge in [0.25, 0.3) is 5.91 Å². The van der Waals surface area contributed by atoms with E-state index in [1.807, 2.05) is 6.07 Å². The summed E-state index contributed by atoms with van der Waals surface area (Å²) in [6, 6.07) is 7.14. The molecule has 0 spiro atoms. The Hall–Kier alpha value is -1.88.